The molecule has 1 atom stereocenters. The molecule has 0 aliphatic carbocycles. The summed E-state index contributed by atoms with van der Waals surface area (Å²) in [5, 5.41) is 3.30. The minimum Gasteiger partial charge on any atom is -0.444 e. The first-order valence-electron chi connectivity index (χ1n) is 8.82. The molecule has 0 bridgehead atoms. The lowest BCUT2D eigenvalue weighted by Gasteiger charge is -2.27. The minimum absolute atomic E-state index is 0.186. The van der Waals surface area contributed by atoms with Crippen LogP contribution in [0.3, 0.4) is 0 Å². The molecule has 1 fully saturated rings. The monoisotopic (exact) mass is 370 g/mol. The number of rotatable bonds is 4. The smallest absolute Gasteiger partial charge is 0.410 e. The average molecular weight is 370 g/mol. The summed E-state index contributed by atoms with van der Waals surface area (Å²) in [6.07, 6.45) is 1.31. The number of ether oxygens (including phenoxy) is 1. The molecule has 2 heterocycles. The van der Waals surface area contributed by atoms with E-state index in [4.69, 9.17) is 10.3 Å². The number of hydrogen-bond donors (Lipinski definition) is 1. The molecule has 1 aromatic carbocycles. The first-order valence-corrected chi connectivity index (χ1v) is 8.82. The van der Waals surface area contributed by atoms with Crippen molar-refractivity contribution in [3.63, 3.8) is 0 Å². The Morgan fingerprint density at radius 1 is 1.44 bits per heavy atom. The van der Waals surface area contributed by atoms with E-state index in [2.05, 4.69) is 20.0 Å². The zero-order valence-corrected chi connectivity index (χ0v) is 15.6. The van der Waals surface area contributed by atoms with E-state index < -0.39 is 5.60 Å². The van der Waals surface area contributed by atoms with Crippen molar-refractivity contribution in [2.75, 3.05) is 13.1 Å². The molecule has 1 aromatic heterocycles. The highest BCUT2D eigenvalue weighted by Gasteiger charge is 2.34. The molecule has 3 rings (SSSR count). The number of imidazole rings is 1. The predicted octanol–water partition coefficient (Wildman–Crippen LogP) is 4.13. The van der Waals surface area contributed by atoms with Crippen LogP contribution in [-0.4, -0.2) is 45.4 Å². The van der Waals surface area contributed by atoms with Gasteiger partial charge in [-0.25, -0.2) is 9.78 Å². The number of aromatic nitrogens is 2. The van der Waals surface area contributed by atoms with Crippen LogP contribution in [0.5, 0.6) is 0 Å². The Labute approximate surface area is 156 Å². The zero-order valence-electron chi connectivity index (χ0n) is 15.6. The number of hydrogen-bond acceptors (Lipinski definition) is 5. The quantitative estimate of drug-likeness (QED) is 0.376. The fraction of sp³-hybridized carbons (Fsp3) is 0.500. The first kappa shape index (κ1) is 18.7. The summed E-state index contributed by atoms with van der Waals surface area (Å²) >= 11 is 0. The number of fused-ring (bicyclic) bond motifs is 1. The van der Waals surface area contributed by atoms with Crippen LogP contribution in [0.2, 0.25) is 0 Å². The van der Waals surface area contributed by atoms with Crippen molar-refractivity contribution in [1.29, 1.82) is 0 Å². The second-order valence-electron chi connectivity index (χ2n) is 7.50. The van der Waals surface area contributed by atoms with E-state index in [1.807, 2.05) is 20.8 Å². The Morgan fingerprint density at radius 3 is 2.93 bits per heavy atom. The maximum absolute atomic E-state index is 12.5. The number of likely N-dealkylation sites (tertiary alicyclic amines) is 1. The van der Waals surface area contributed by atoms with Crippen LogP contribution in [0, 0.1) is 0 Å². The van der Waals surface area contributed by atoms with Gasteiger partial charge in [0, 0.05) is 17.0 Å². The number of nitrogens with zero attached hydrogens (tertiary/aromatic N) is 5. The number of H-pyrrole nitrogens is 1. The summed E-state index contributed by atoms with van der Waals surface area (Å²) in [5.41, 5.74) is 9.65. The third-order valence-electron chi connectivity index (χ3n) is 4.30. The predicted molar refractivity (Wildman–Crippen MR) is 99.4 cm³/mol. The van der Waals surface area contributed by atoms with Gasteiger partial charge in [0.25, 0.3) is 0 Å². The van der Waals surface area contributed by atoms with E-state index in [0.717, 1.165) is 12.8 Å². The molecule has 1 saturated heterocycles. The molecule has 1 aliphatic heterocycles. The molecule has 9 heteroatoms. The van der Waals surface area contributed by atoms with Crippen molar-refractivity contribution in [3.05, 3.63) is 40.0 Å². The molecule has 1 amide bonds. The molecule has 142 valence electrons. The van der Waals surface area contributed by atoms with E-state index in [0.29, 0.717) is 29.0 Å². The van der Waals surface area contributed by atoms with Gasteiger partial charge in [-0.1, -0.05) is 5.11 Å². The van der Waals surface area contributed by atoms with Crippen LogP contribution in [0.25, 0.3) is 21.5 Å². The summed E-state index contributed by atoms with van der Waals surface area (Å²) in [6, 6.07) is 4.90. The largest absolute Gasteiger partial charge is 0.444 e. The number of amides is 1. The highest BCUT2D eigenvalue weighted by Crippen LogP contribution is 2.32. The number of aromatic amines is 1. The van der Waals surface area contributed by atoms with Gasteiger partial charge in [0.1, 0.15) is 11.4 Å². The fourth-order valence-corrected chi connectivity index (χ4v) is 3.14. The zero-order chi connectivity index (χ0) is 19.6. The van der Waals surface area contributed by atoms with Crippen LogP contribution in [0.1, 0.15) is 55.8 Å². The second kappa shape index (κ2) is 7.28. The standard InChI is InChI=1S/C18H22N6O3/c1-18(2,3)27-17(26)24-8-4-5-14(24)16-21-12-7-6-11(9-13(12)22-16)15(25)10-20-23-19/h6-7,9,14H,4-5,8,10H2,1-3H3,(H,21,22)/t14-/m0/s1. The van der Waals surface area contributed by atoms with Crippen LogP contribution in [0.15, 0.2) is 23.3 Å². The maximum atomic E-state index is 12.5. The third kappa shape index (κ3) is 4.20. The molecule has 1 N–H and O–H groups in total. The molecule has 0 radical (unpaired) electrons. The average Bonchev–Trinajstić information content (AvgIpc) is 3.23. The highest BCUT2D eigenvalue weighted by atomic mass is 16.6. The van der Waals surface area contributed by atoms with E-state index in [1.165, 1.54) is 0 Å². The van der Waals surface area contributed by atoms with Gasteiger partial charge in [0.05, 0.1) is 23.6 Å². The Kier molecular flexibility index (Phi) is 5.05. The fourth-order valence-electron chi connectivity index (χ4n) is 3.14. The van der Waals surface area contributed by atoms with Crippen molar-refractivity contribution in [3.8, 4) is 0 Å². The SMILES string of the molecule is CC(C)(C)OC(=O)N1CCC[C@H]1c1nc2ccc(C(=O)CN=[N+]=[N-])cc2[nH]1. The van der Waals surface area contributed by atoms with E-state index in [9.17, 15) is 9.59 Å². The summed E-state index contributed by atoms with van der Waals surface area (Å²) < 4.78 is 5.50. The molecule has 1 aliphatic rings. The number of nitrogens with one attached hydrogen (secondary N) is 1. The van der Waals surface area contributed by atoms with Crippen LogP contribution < -0.4 is 0 Å². The Morgan fingerprint density at radius 2 is 2.22 bits per heavy atom. The van der Waals surface area contributed by atoms with E-state index in [-0.39, 0.29) is 24.5 Å². The Hall–Kier alpha value is -3.06. The summed E-state index contributed by atoms with van der Waals surface area (Å²) in [6.45, 7) is 5.91. The maximum Gasteiger partial charge on any atom is 0.410 e. The van der Waals surface area contributed by atoms with Crippen molar-refractivity contribution in [1.82, 2.24) is 14.9 Å². The summed E-state index contributed by atoms with van der Waals surface area (Å²) in [4.78, 5) is 36.6. The van der Waals surface area contributed by atoms with Gasteiger partial charge in [-0.15, -0.1) is 0 Å². The molecular weight excluding hydrogens is 348 g/mol. The molecule has 9 nitrogen and oxygen atoms in total. The van der Waals surface area contributed by atoms with Crippen LogP contribution >= 0.6 is 0 Å². The molecule has 2 aromatic rings. The van der Waals surface area contributed by atoms with Crippen molar-refractivity contribution >= 4 is 22.9 Å². The van der Waals surface area contributed by atoms with Gasteiger partial charge in [-0.3, -0.25) is 9.69 Å². The minimum atomic E-state index is -0.556. The van der Waals surface area contributed by atoms with Crippen molar-refractivity contribution in [2.24, 2.45) is 5.11 Å². The van der Waals surface area contributed by atoms with Gasteiger partial charge in [-0.05, 0) is 57.3 Å². The normalized spacial score (nSPS) is 17.0. The summed E-state index contributed by atoms with van der Waals surface area (Å²) in [7, 11) is 0. The lowest BCUT2D eigenvalue weighted by molar-refractivity contribution is 0.0219. The lowest BCUT2D eigenvalue weighted by Crippen LogP contribution is -2.36. The number of benzene rings is 1. The van der Waals surface area contributed by atoms with Gasteiger partial charge < -0.3 is 9.72 Å². The number of azide groups is 1. The topological polar surface area (TPSA) is 124 Å². The second-order valence-corrected chi connectivity index (χ2v) is 7.50. The number of Topliss-reactive ketones (excluding diaryl/α,β-unsaturated/α-hetero) is 1. The van der Waals surface area contributed by atoms with E-state index >= 15 is 0 Å². The van der Waals surface area contributed by atoms with Gasteiger partial charge >= 0.3 is 6.09 Å². The molecule has 0 spiro atoms. The molecule has 0 saturated carbocycles. The molecular formula is C18H22N6O3. The number of carbonyl (C=O) groups excluding carboxylic acids is 2. The molecule has 27 heavy (non-hydrogen) atoms. The third-order valence-corrected chi connectivity index (χ3v) is 4.30. The van der Waals surface area contributed by atoms with Crippen LogP contribution in [-0.2, 0) is 4.74 Å². The highest BCUT2D eigenvalue weighted by molar-refractivity contribution is 6.00. The Balaban J connectivity index is 1.84. The first-order chi connectivity index (χ1) is 12.8. The number of carbonyl (C=O) groups is 2. The van der Waals surface area contributed by atoms with Crippen LogP contribution in [0.4, 0.5) is 4.79 Å². The van der Waals surface area contributed by atoms with Gasteiger partial charge in [-0.2, -0.15) is 0 Å². The number of ketones is 1. The summed E-state index contributed by atoms with van der Waals surface area (Å²) in [5.74, 6) is 0.412. The lowest BCUT2D eigenvalue weighted by atomic mass is 10.1. The van der Waals surface area contributed by atoms with Crippen molar-refractivity contribution < 1.29 is 14.3 Å². The van der Waals surface area contributed by atoms with Gasteiger partial charge in [0.2, 0.25) is 0 Å². The van der Waals surface area contributed by atoms with Gasteiger partial charge in [0.15, 0.2) is 5.78 Å². The Bertz CT molecular complexity index is 923. The van der Waals surface area contributed by atoms with E-state index in [1.54, 1.807) is 23.1 Å². The molecule has 0 unspecified atom stereocenters. The van der Waals surface area contributed by atoms with Crippen molar-refractivity contribution in [2.45, 2.75) is 45.3 Å².